The van der Waals surface area contributed by atoms with Crippen LogP contribution in [0.3, 0.4) is 0 Å². The molecule has 9 heteroatoms. The highest BCUT2D eigenvalue weighted by molar-refractivity contribution is 8.00. The quantitative estimate of drug-likeness (QED) is 0.819. The van der Waals surface area contributed by atoms with E-state index in [1.165, 1.54) is 0 Å². The zero-order chi connectivity index (χ0) is 17.3. The van der Waals surface area contributed by atoms with E-state index in [2.05, 4.69) is 9.88 Å². The molecule has 0 radical (unpaired) electrons. The van der Waals surface area contributed by atoms with E-state index >= 15 is 0 Å². The molecule has 0 unspecified atom stereocenters. The molecular weight excluding hydrogens is 395 g/mol. The molecule has 0 saturated carbocycles. The van der Waals surface area contributed by atoms with Gasteiger partial charge in [-0.1, -0.05) is 12.1 Å². The molecule has 6 nitrogen and oxygen atoms in total. The number of rotatable bonds is 4. The van der Waals surface area contributed by atoms with Crippen molar-refractivity contribution in [1.82, 2.24) is 9.88 Å². The number of hydrogen-bond donors (Lipinski definition) is 1. The molecule has 0 bridgehead atoms. The second kappa shape index (κ2) is 9.17. The maximum atomic E-state index is 12.6. The molecule has 1 aromatic heterocycles. The molecule has 146 valence electrons. The number of oxazole rings is 1. The summed E-state index contributed by atoms with van der Waals surface area (Å²) in [4.78, 5) is 21.1. The third-order valence-corrected chi connectivity index (χ3v) is 5.99. The fourth-order valence-corrected chi connectivity index (χ4v) is 3.09. The van der Waals surface area contributed by atoms with Crippen molar-refractivity contribution in [2.24, 2.45) is 5.73 Å². The van der Waals surface area contributed by atoms with Crippen LogP contribution in [0.5, 0.6) is 0 Å². The SMILES string of the molecule is CSC(C)(C)[C@H](N)C(=O)N1CCN(c2nc3ccccc3o2)CC1.Cl.Cl. The molecule has 0 aliphatic carbocycles. The summed E-state index contributed by atoms with van der Waals surface area (Å²) in [6.45, 7) is 6.69. The molecule has 1 saturated heterocycles. The van der Waals surface area contributed by atoms with E-state index in [-0.39, 0.29) is 35.5 Å². The van der Waals surface area contributed by atoms with Crippen LogP contribution in [-0.2, 0) is 4.79 Å². The first-order valence-corrected chi connectivity index (χ1v) is 9.35. The van der Waals surface area contributed by atoms with Crippen molar-refractivity contribution in [3.63, 3.8) is 0 Å². The lowest BCUT2D eigenvalue weighted by Gasteiger charge is -2.38. The zero-order valence-corrected chi connectivity index (χ0v) is 17.6. The fourth-order valence-electron chi connectivity index (χ4n) is 2.73. The lowest BCUT2D eigenvalue weighted by molar-refractivity contribution is -0.133. The maximum Gasteiger partial charge on any atom is 0.298 e. The van der Waals surface area contributed by atoms with Crippen LogP contribution < -0.4 is 10.6 Å². The molecule has 0 spiro atoms. The second-order valence-corrected chi connectivity index (χ2v) is 8.02. The van der Waals surface area contributed by atoms with Gasteiger partial charge in [0.25, 0.3) is 6.01 Å². The van der Waals surface area contributed by atoms with E-state index in [9.17, 15) is 4.79 Å². The molecule has 2 aromatic rings. The Labute approximate surface area is 170 Å². The highest BCUT2D eigenvalue weighted by Gasteiger charge is 2.35. The summed E-state index contributed by atoms with van der Waals surface area (Å²) in [5.74, 6) is 0.0200. The topological polar surface area (TPSA) is 75.6 Å². The van der Waals surface area contributed by atoms with Gasteiger partial charge in [-0.05, 0) is 32.2 Å². The summed E-state index contributed by atoms with van der Waals surface area (Å²) in [7, 11) is 0. The van der Waals surface area contributed by atoms with Crippen LogP contribution in [-0.4, -0.2) is 59.0 Å². The normalized spacial score (nSPS) is 16.0. The van der Waals surface area contributed by atoms with Crippen LogP contribution in [0.1, 0.15) is 13.8 Å². The molecule has 1 amide bonds. The molecule has 1 aliphatic heterocycles. The highest BCUT2D eigenvalue weighted by Crippen LogP contribution is 2.26. The summed E-state index contributed by atoms with van der Waals surface area (Å²) in [5.41, 5.74) is 7.82. The molecule has 3 rings (SSSR count). The summed E-state index contributed by atoms with van der Waals surface area (Å²) in [5, 5.41) is 0. The van der Waals surface area contributed by atoms with E-state index < -0.39 is 6.04 Å². The van der Waals surface area contributed by atoms with Crippen LogP contribution in [0.15, 0.2) is 28.7 Å². The van der Waals surface area contributed by atoms with Gasteiger partial charge in [0.2, 0.25) is 5.91 Å². The zero-order valence-electron chi connectivity index (χ0n) is 15.2. The lowest BCUT2D eigenvalue weighted by Crippen LogP contribution is -2.57. The summed E-state index contributed by atoms with van der Waals surface area (Å²) in [6.07, 6.45) is 1.98. The third-order valence-electron chi connectivity index (χ3n) is 4.69. The van der Waals surface area contributed by atoms with Gasteiger partial charge in [-0.2, -0.15) is 16.7 Å². The monoisotopic (exact) mass is 420 g/mol. The third kappa shape index (κ3) is 4.57. The van der Waals surface area contributed by atoms with Crippen molar-refractivity contribution >= 4 is 59.6 Å². The van der Waals surface area contributed by atoms with Crippen LogP contribution in [0, 0.1) is 0 Å². The Morgan fingerprint density at radius 1 is 1.23 bits per heavy atom. The number of amides is 1. The van der Waals surface area contributed by atoms with Gasteiger partial charge < -0.3 is 20.0 Å². The largest absolute Gasteiger partial charge is 0.423 e. The van der Waals surface area contributed by atoms with Gasteiger partial charge in [-0.15, -0.1) is 24.8 Å². The van der Waals surface area contributed by atoms with Crippen LogP contribution in [0.2, 0.25) is 0 Å². The molecule has 2 heterocycles. The van der Waals surface area contributed by atoms with Crippen molar-refractivity contribution in [3.05, 3.63) is 24.3 Å². The average molecular weight is 421 g/mol. The van der Waals surface area contributed by atoms with E-state index in [1.807, 2.05) is 49.3 Å². The van der Waals surface area contributed by atoms with Crippen LogP contribution >= 0.6 is 36.6 Å². The number of fused-ring (bicyclic) bond motifs is 1. The standard InChI is InChI=1S/C17H24N4O2S.2ClH/c1-17(2,24-3)14(18)15(22)20-8-10-21(11-9-20)16-19-12-6-4-5-7-13(12)23-16;;/h4-7,14H,8-11,18H2,1-3H3;2*1H/t14-;;/m1../s1. The van der Waals surface area contributed by atoms with Crippen LogP contribution in [0.4, 0.5) is 6.01 Å². The van der Waals surface area contributed by atoms with Gasteiger partial charge >= 0.3 is 0 Å². The van der Waals surface area contributed by atoms with E-state index in [1.54, 1.807) is 11.8 Å². The first kappa shape index (κ1) is 22.9. The number of benzene rings is 1. The Hall–Kier alpha value is -1.15. The number of carbonyl (C=O) groups is 1. The number of thioether (sulfide) groups is 1. The Morgan fingerprint density at radius 2 is 1.85 bits per heavy atom. The van der Waals surface area contributed by atoms with Crippen LogP contribution in [0.25, 0.3) is 11.1 Å². The van der Waals surface area contributed by atoms with Crippen molar-refractivity contribution in [2.45, 2.75) is 24.6 Å². The van der Waals surface area contributed by atoms with Gasteiger partial charge in [0.15, 0.2) is 5.58 Å². The van der Waals surface area contributed by atoms with E-state index in [0.29, 0.717) is 32.2 Å². The minimum atomic E-state index is -0.497. The van der Waals surface area contributed by atoms with E-state index in [0.717, 1.165) is 11.1 Å². The van der Waals surface area contributed by atoms with Gasteiger partial charge in [-0.3, -0.25) is 4.79 Å². The Kier molecular flexibility index (Phi) is 8.07. The van der Waals surface area contributed by atoms with E-state index in [4.69, 9.17) is 10.2 Å². The summed E-state index contributed by atoms with van der Waals surface area (Å²) in [6, 6.07) is 7.85. The number of nitrogens with zero attached hydrogens (tertiary/aromatic N) is 3. The number of halogens is 2. The van der Waals surface area contributed by atoms with Crippen molar-refractivity contribution in [1.29, 1.82) is 0 Å². The average Bonchev–Trinajstić information content (AvgIpc) is 3.04. The number of aromatic nitrogens is 1. The highest BCUT2D eigenvalue weighted by atomic mass is 35.5. The number of para-hydroxylation sites is 2. The van der Waals surface area contributed by atoms with Crippen molar-refractivity contribution in [3.8, 4) is 0 Å². The predicted molar refractivity (Wildman–Crippen MR) is 113 cm³/mol. The summed E-state index contributed by atoms with van der Waals surface area (Å²) < 4.78 is 5.54. The molecule has 1 fully saturated rings. The predicted octanol–water partition coefficient (Wildman–Crippen LogP) is 2.79. The Balaban J connectivity index is 0.00000169. The van der Waals surface area contributed by atoms with Crippen molar-refractivity contribution < 1.29 is 9.21 Å². The molecule has 26 heavy (non-hydrogen) atoms. The van der Waals surface area contributed by atoms with Gasteiger partial charge in [-0.25, -0.2) is 0 Å². The van der Waals surface area contributed by atoms with Gasteiger partial charge in [0.05, 0.1) is 6.04 Å². The minimum Gasteiger partial charge on any atom is -0.423 e. The minimum absolute atomic E-state index is 0. The number of anilines is 1. The van der Waals surface area contributed by atoms with Gasteiger partial charge in [0.1, 0.15) is 5.52 Å². The molecule has 1 atom stereocenters. The Bertz CT molecular complexity index is 699. The summed E-state index contributed by atoms with van der Waals surface area (Å²) >= 11 is 1.62. The molecule has 2 N–H and O–H groups in total. The smallest absolute Gasteiger partial charge is 0.298 e. The first-order valence-electron chi connectivity index (χ1n) is 8.12. The van der Waals surface area contributed by atoms with Crippen molar-refractivity contribution in [2.75, 3.05) is 37.3 Å². The lowest BCUT2D eigenvalue weighted by atomic mass is 10.0. The number of nitrogens with two attached hydrogens (primary N) is 1. The maximum absolute atomic E-state index is 12.6. The fraction of sp³-hybridized carbons (Fsp3) is 0.529. The number of carbonyl (C=O) groups excluding carboxylic acids is 1. The first-order chi connectivity index (χ1) is 11.4. The molecule has 1 aliphatic rings. The molecule has 1 aromatic carbocycles. The molecular formula is C17H26Cl2N4O2S. The Morgan fingerprint density at radius 3 is 2.42 bits per heavy atom. The number of piperazine rings is 1. The van der Waals surface area contributed by atoms with Gasteiger partial charge in [0, 0.05) is 30.9 Å². The number of hydrogen-bond acceptors (Lipinski definition) is 6. The second-order valence-electron chi connectivity index (χ2n) is 6.56.